The van der Waals surface area contributed by atoms with Crippen molar-refractivity contribution < 1.29 is 0 Å². The van der Waals surface area contributed by atoms with Gasteiger partial charge in [0.05, 0.1) is 0 Å². The number of rotatable bonds is 8. The molecule has 0 bridgehead atoms. The molecule has 3 heterocycles. The fraction of sp³-hybridized carbons (Fsp3) is 0.600. The quantitative estimate of drug-likeness (QED) is 0.711. The molecule has 0 radical (unpaired) electrons. The minimum Gasteiger partial charge on any atom is -0.366 e. The molecule has 1 aliphatic heterocycles. The molecule has 0 saturated carbocycles. The van der Waals surface area contributed by atoms with Crippen LogP contribution in [-0.4, -0.2) is 45.1 Å². The second-order valence-corrected chi connectivity index (χ2v) is 7.90. The van der Waals surface area contributed by atoms with E-state index in [1.807, 2.05) is 30.1 Å². The smallest absolute Gasteiger partial charge is 0.241 e. The summed E-state index contributed by atoms with van der Waals surface area (Å²) in [7, 11) is 1.84. The number of thiophene rings is 1. The fourth-order valence-electron chi connectivity index (χ4n) is 2.73. The predicted octanol–water partition coefficient (Wildman–Crippen LogP) is 2.40. The predicted molar refractivity (Wildman–Crippen MR) is 98.9 cm³/mol. The first-order valence-corrected chi connectivity index (χ1v) is 10.0. The summed E-state index contributed by atoms with van der Waals surface area (Å²) >= 11 is 3.83. The lowest BCUT2D eigenvalue weighted by Crippen LogP contribution is -2.17. The zero-order valence-electron chi connectivity index (χ0n) is 13.5. The van der Waals surface area contributed by atoms with E-state index in [9.17, 15) is 0 Å². The molecule has 1 fully saturated rings. The van der Waals surface area contributed by atoms with Gasteiger partial charge in [-0.1, -0.05) is 0 Å². The molecule has 3 N–H and O–H groups in total. The Balaban J connectivity index is 1.34. The molecule has 1 aliphatic rings. The minimum atomic E-state index is 0.312. The number of aromatic nitrogens is 3. The van der Waals surface area contributed by atoms with E-state index in [-0.39, 0.29) is 0 Å². The van der Waals surface area contributed by atoms with Crippen molar-refractivity contribution in [1.82, 2.24) is 19.7 Å². The lowest BCUT2D eigenvalue weighted by Gasteiger charge is -2.12. The molecule has 0 amide bonds. The van der Waals surface area contributed by atoms with Crippen LogP contribution in [0.5, 0.6) is 0 Å². The third-order valence-corrected chi connectivity index (χ3v) is 5.86. The number of aryl methyl sites for hydroxylation is 1. The van der Waals surface area contributed by atoms with Gasteiger partial charge in [-0.2, -0.15) is 16.7 Å². The maximum atomic E-state index is 5.56. The molecule has 3 rings (SSSR count). The average Bonchev–Trinajstić information content (AvgIpc) is 3.23. The lowest BCUT2D eigenvalue weighted by atomic mass is 10.3. The van der Waals surface area contributed by atoms with Crippen molar-refractivity contribution in [3.8, 4) is 0 Å². The number of nitrogens with one attached hydrogen (secondary N) is 1. The highest BCUT2D eigenvalue weighted by atomic mass is 32.2. The number of nitrogen functional groups attached to an aromatic ring is 1. The number of nitrogens with two attached hydrogens (primary N) is 1. The number of hydrogen-bond acceptors (Lipinski definition) is 7. The van der Waals surface area contributed by atoms with Crippen LogP contribution in [0.15, 0.2) is 11.4 Å². The number of likely N-dealkylation sites (tertiary alicyclic amines) is 1. The molecular formula is C15H24N6S2. The van der Waals surface area contributed by atoms with E-state index in [1.165, 1.54) is 36.4 Å². The largest absolute Gasteiger partial charge is 0.366 e. The van der Waals surface area contributed by atoms with Crippen molar-refractivity contribution in [1.29, 1.82) is 0 Å². The zero-order chi connectivity index (χ0) is 16.1. The van der Waals surface area contributed by atoms with Gasteiger partial charge in [-0.15, -0.1) is 16.4 Å². The van der Waals surface area contributed by atoms with E-state index < -0.39 is 0 Å². The van der Waals surface area contributed by atoms with Gasteiger partial charge in [0.2, 0.25) is 11.9 Å². The Morgan fingerprint density at radius 1 is 1.39 bits per heavy atom. The maximum absolute atomic E-state index is 5.56. The first-order valence-electron chi connectivity index (χ1n) is 7.97. The summed E-state index contributed by atoms with van der Waals surface area (Å²) in [5.41, 5.74) is 7.00. The van der Waals surface area contributed by atoms with Crippen molar-refractivity contribution in [2.24, 2.45) is 7.05 Å². The van der Waals surface area contributed by atoms with E-state index in [2.05, 4.69) is 31.7 Å². The second-order valence-electron chi connectivity index (χ2n) is 5.80. The summed E-state index contributed by atoms with van der Waals surface area (Å²) in [5.74, 6) is 3.14. The number of nitrogens with zero attached hydrogens (tertiary/aromatic N) is 4. The summed E-state index contributed by atoms with van der Waals surface area (Å²) in [6.45, 7) is 4.52. The average molecular weight is 353 g/mol. The van der Waals surface area contributed by atoms with Gasteiger partial charge in [0.1, 0.15) is 0 Å². The summed E-state index contributed by atoms with van der Waals surface area (Å²) < 4.78 is 1.67. The highest BCUT2D eigenvalue weighted by Crippen LogP contribution is 2.22. The van der Waals surface area contributed by atoms with Crippen LogP contribution in [0.4, 0.5) is 11.9 Å². The van der Waals surface area contributed by atoms with Gasteiger partial charge >= 0.3 is 0 Å². The van der Waals surface area contributed by atoms with Gasteiger partial charge in [-0.05, 0) is 42.9 Å². The third kappa shape index (κ3) is 4.86. The van der Waals surface area contributed by atoms with Crippen LogP contribution >= 0.6 is 23.1 Å². The third-order valence-electron chi connectivity index (χ3n) is 3.86. The van der Waals surface area contributed by atoms with E-state index in [0.29, 0.717) is 5.95 Å². The minimum absolute atomic E-state index is 0.312. The molecule has 0 unspecified atom stereocenters. The van der Waals surface area contributed by atoms with Crippen molar-refractivity contribution in [3.63, 3.8) is 0 Å². The standard InChI is InChI=1S/C15H24N6S2/c1-20-15(18-14(16)19-20)17-4-7-22-10-12-8-13(23-11-12)9-21-5-2-3-6-21/h8,11H,2-7,9-10H2,1H3,(H3,16,17,18,19). The van der Waals surface area contributed by atoms with Crippen molar-refractivity contribution in [3.05, 3.63) is 21.9 Å². The van der Waals surface area contributed by atoms with Gasteiger partial charge in [0.25, 0.3) is 0 Å². The van der Waals surface area contributed by atoms with Crippen molar-refractivity contribution >= 4 is 35.0 Å². The Labute approximate surface area is 145 Å². The molecule has 126 valence electrons. The molecule has 6 nitrogen and oxygen atoms in total. The summed E-state index contributed by atoms with van der Waals surface area (Å²) in [4.78, 5) is 8.17. The van der Waals surface area contributed by atoms with Crippen LogP contribution in [0.25, 0.3) is 0 Å². The fourth-order valence-corrected chi connectivity index (χ4v) is 4.56. The SMILES string of the molecule is Cn1nc(N)nc1NCCSCc1csc(CN2CCCC2)c1. The Bertz CT molecular complexity index is 617. The summed E-state index contributed by atoms with van der Waals surface area (Å²) in [6.07, 6.45) is 2.72. The first-order chi connectivity index (χ1) is 11.2. The highest BCUT2D eigenvalue weighted by molar-refractivity contribution is 7.98. The Kier molecular flexibility index (Phi) is 5.80. The van der Waals surface area contributed by atoms with Gasteiger partial charge in [-0.25, -0.2) is 4.68 Å². The molecule has 0 aliphatic carbocycles. The zero-order valence-corrected chi connectivity index (χ0v) is 15.1. The van der Waals surface area contributed by atoms with Crippen LogP contribution < -0.4 is 11.1 Å². The number of anilines is 2. The van der Waals surface area contributed by atoms with E-state index >= 15 is 0 Å². The van der Waals surface area contributed by atoms with Gasteiger partial charge in [0, 0.05) is 36.5 Å². The Morgan fingerprint density at radius 2 is 2.22 bits per heavy atom. The van der Waals surface area contributed by atoms with Gasteiger partial charge in [-0.3, -0.25) is 4.90 Å². The van der Waals surface area contributed by atoms with Crippen LogP contribution in [0.1, 0.15) is 23.3 Å². The monoisotopic (exact) mass is 352 g/mol. The number of thioether (sulfide) groups is 1. The molecular weight excluding hydrogens is 328 g/mol. The Morgan fingerprint density at radius 3 is 2.96 bits per heavy atom. The normalized spacial score (nSPS) is 15.3. The molecule has 0 spiro atoms. The summed E-state index contributed by atoms with van der Waals surface area (Å²) in [5, 5.41) is 9.57. The van der Waals surface area contributed by atoms with E-state index in [0.717, 1.165) is 30.5 Å². The van der Waals surface area contributed by atoms with Crippen LogP contribution in [-0.2, 0) is 19.3 Å². The molecule has 0 atom stereocenters. The van der Waals surface area contributed by atoms with Crippen LogP contribution in [0, 0.1) is 0 Å². The van der Waals surface area contributed by atoms with Crippen molar-refractivity contribution in [2.45, 2.75) is 25.1 Å². The van der Waals surface area contributed by atoms with Gasteiger partial charge in [0.15, 0.2) is 0 Å². The van der Waals surface area contributed by atoms with Gasteiger partial charge < -0.3 is 11.1 Å². The second kappa shape index (κ2) is 8.03. The van der Waals surface area contributed by atoms with Crippen molar-refractivity contribution in [2.75, 3.05) is 36.4 Å². The maximum Gasteiger partial charge on any atom is 0.241 e. The molecule has 8 heteroatoms. The molecule has 0 aromatic carbocycles. The molecule has 1 saturated heterocycles. The van der Waals surface area contributed by atoms with Crippen LogP contribution in [0.2, 0.25) is 0 Å². The molecule has 2 aromatic rings. The van der Waals surface area contributed by atoms with Crippen LogP contribution in [0.3, 0.4) is 0 Å². The lowest BCUT2D eigenvalue weighted by molar-refractivity contribution is 0.334. The Hall–Kier alpha value is -1.25. The topological polar surface area (TPSA) is 72.0 Å². The molecule has 23 heavy (non-hydrogen) atoms. The first kappa shape index (κ1) is 16.6. The van der Waals surface area contributed by atoms with E-state index in [1.54, 1.807) is 4.68 Å². The highest BCUT2D eigenvalue weighted by Gasteiger charge is 2.12. The molecule has 2 aromatic heterocycles. The van der Waals surface area contributed by atoms with E-state index in [4.69, 9.17) is 5.73 Å². The summed E-state index contributed by atoms with van der Waals surface area (Å²) in [6, 6.07) is 2.37. The number of hydrogen-bond donors (Lipinski definition) is 2.